The molecule has 0 aliphatic carbocycles. The van der Waals surface area contributed by atoms with Crippen LogP contribution in [0.15, 0.2) is 48.5 Å². The summed E-state index contributed by atoms with van der Waals surface area (Å²) in [5.74, 6) is -0.423. The summed E-state index contributed by atoms with van der Waals surface area (Å²) >= 11 is 5.55. The molecule has 0 heterocycles. The van der Waals surface area contributed by atoms with E-state index >= 15 is 0 Å². The standard InChI is InChI=1S/C14H11ClF3NO2S/c15-11-6-7-13(12(8-11)14(16,17)18)19-22(20,21)9-10-4-2-1-3-5-10/h1-8,19H,9H2. The average Bonchev–Trinajstić information content (AvgIpc) is 2.40. The van der Waals surface area contributed by atoms with E-state index in [1.54, 1.807) is 30.3 Å². The molecule has 0 aliphatic heterocycles. The fourth-order valence-corrected chi connectivity index (χ4v) is 3.23. The second kappa shape index (κ2) is 6.18. The van der Waals surface area contributed by atoms with E-state index in [9.17, 15) is 21.6 Å². The summed E-state index contributed by atoms with van der Waals surface area (Å²) < 4.78 is 64.8. The zero-order chi connectivity index (χ0) is 16.4. The van der Waals surface area contributed by atoms with E-state index in [-0.39, 0.29) is 5.02 Å². The summed E-state index contributed by atoms with van der Waals surface area (Å²) in [7, 11) is -3.98. The Morgan fingerprint density at radius 1 is 1.05 bits per heavy atom. The van der Waals surface area contributed by atoms with E-state index < -0.39 is 33.2 Å². The van der Waals surface area contributed by atoms with E-state index in [1.807, 2.05) is 4.72 Å². The predicted molar refractivity (Wildman–Crippen MR) is 79.1 cm³/mol. The molecule has 0 bridgehead atoms. The smallest absolute Gasteiger partial charge is 0.283 e. The van der Waals surface area contributed by atoms with Crippen molar-refractivity contribution in [2.24, 2.45) is 0 Å². The van der Waals surface area contributed by atoms with Gasteiger partial charge >= 0.3 is 6.18 Å². The van der Waals surface area contributed by atoms with Crippen LogP contribution in [0.3, 0.4) is 0 Å². The van der Waals surface area contributed by atoms with Gasteiger partial charge in [-0.2, -0.15) is 13.2 Å². The first-order valence-electron chi connectivity index (χ1n) is 6.08. The Morgan fingerprint density at radius 2 is 1.68 bits per heavy atom. The molecular formula is C14H11ClF3NO2S. The van der Waals surface area contributed by atoms with Crippen LogP contribution < -0.4 is 4.72 Å². The van der Waals surface area contributed by atoms with Crippen molar-refractivity contribution in [1.29, 1.82) is 0 Å². The monoisotopic (exact) mass is 349 g/mol. The molecule has 0 aromatic heterocycles. The van der Waals surface area contributed by atoms with E-state index in [2.05, 4.69) is 0 Å². The molecule has 0 spiro atoms. The highest BCUT2D eigenvalue weighted by Crippen LogP contribution is 2.37. The molecular weight excluding hydrogens is 339 g/mol. The Labute approximate surface area is 130 Å². The highest BCUT2D eigenvalue weighted by atomic mass is 35.5. The highest BCUT2D eigenvalue weighted by Gasteiger charge is 2.34. The molecule has 2 aromatic rings. The average molecular weight is 350 g/mol. The van der Waals surface area contributed by atoms with Crippen molar-refractivity contribution in [2.75, 3.05) is 4.72 Å². The van der Waals surface area contributed by atoms with Gasteiger partial charge in [-0.3, -0.25) is 4.72 Å². The number of sulfonamides is 1. The predicted octanol–water partition coefficient (Wildman–Crippen LogP) is 4.30. The molecule has 22 heavy (non-hydrogen) atoms. The lowest BCUT2D eigenvalue weighted by Crippen LogP contribution is -2.18. The minimum Gasteiger partial charge on any atom is -0.283 e. The van der Waals surface area contributed by atoms with E-state index in [4.69, 9.17) is 11.6 Å². The molecule has 0 amide bonds. The molecule has 118 valence electrons. The maximum absolute atomic E-state index is 12.9. The van der Waals surface area contributed by atoms with Crippen LogP contribution in [0, 0.1) is 0 Å². The zero-order valence-electron chi connectivity index (χ0n) is 11.1. The van der Waals surface area contributed by atoms with Crippen molar-refractivity contribution >= 4 is 27.3 Å². The van der Waals surface area contributed by atoms with Crippen LogP contribution in [-0.4, -0.2) is 8.42 Å². The first kappa shape index (κ1) is 16.6. The number of hydrogen-bond donors (Lipinski definition) is 1. The third-order valence-corrected chi connectivity index (χ3v) is 4.23. The lowest BCUT2D eigenvalue weighted by atomic mass is 10.2. The van der Waals surface area contributed by atoms with Gasteiger partial charge in [0, 0.05) is 5.02 Å². The summed E-state index contributed by atoms with van der Waals surface area (Å²) in [6, 6.07) is 11.0. The Bertz CT molecular complexity index is 761. The maximum atomic E-state index is 12.9. The lowest BCUT2D eigenvalue weighted by molar-refractivity contribution is -0.136. The van der Waals surface area contributed by atoms with Crippen molar-refractivity contribution in [3.8, 4) is 0 Å². The van der Waals surface area contributed by atoms with Gasteiger partial charge in [0.25, 0.3) is 0 Å². The molecule has 2 aromatic carbocycles. The van der Waals surface area contributed by atoms with Gasteiger partial charge in [-0.1, -0.05) is 41.9 Å². The number of halogens is 4. The summed E-state index contributed by atoms with van der Waals surface area (Å²) in [5, 5.41) is -0.127. The normalized spacial score (nSPS) is 12.2. The molecule has 2 rings (SSSR count). The van der Waals surface area contributed by atoms with Crippen molar-refractivity contribution in [2.45, 2.75) is 11.9 Å². The molecule has 0 radical (unpaired) electrons. The minimum atomic E-state index is -4.71. The quantitative estimate of drug-likeness (QED) is 0.894. The Hall–Kier alpha value is -1.73. The first-order valence-corrected chi connectivity index (χ1v) is 8.11. The largest absolute Gasteiger partial charge is 0.418 e. The van der Waals surface area contributed by atoms with Gasteiger partial charge in [0.05, 0.1) is 17.0 Å². The van der Waals surface area contributed by atoms with E-state index in [0.717, 1.165) is 6.07 Å². The highest BCUT2D eigenvalue weighted by molar-refractivity contribution is 7.91. The maximum Gasteiger partial charge on any atom is 0.418 e. The minimum absolute atomic E-state index is 0.127. The van der Waals surface area contributed by atoms with Crippen LogP contribution in [0.2, 0.25) is 5.02 Å². The van der Waals surface area contributed by atoms with Crippen LogP contribution in [0.1, 0.15) is 11.1 Å². The Balaban J connectivity index is 2.30. The molecule has 0 aliphatic rings. The van der Waals surface area contributed by atoms with E-state index in [0.29, 0.717) is 11.6 Å². The molecule has 3 nitrogen and oxygen atoms in total. The Morgan fingerprint density at radius 3 is 2.27 bits per heavy atom. The van der Waals surface area contributed by atoms with Crippen LogP contribution in [0.5, 0.6) is 0 Å². The topological polar surface area (TPSA) is 46.2 Å². The first-order chi connectivity index (χ1) is 10.2. The third kappa shape index (κ3) is 4.38. The number of alkyl halides is 3. The molecule has 0 fully saturated rings. The van der Waals surface area contributed by atoms with Gasteiger partial charge in [0.15, 0.2) is 0 Å². The number of benzene rings is 2. The number of nitrogens with one attached hydrogen (secondary N) is 1. The second-order valence-corrected chi connectivity index (χ2v) is 6.69. The second-order valence-electron chi connectivity index (χ2n) is 4.53. The fourth-order valence-electron chi connectivity index (χ4n) is 1.84. The summed E-state index contributed by atoms with van der Waals surface area (Å²) in [5.41, 5.74) is -1.21. The summed E-state index contributed by atoms with van der Waals surface area (Å²) in [4.78, 5) is 0. The number of hydrogen-bond acceptors (Lipinski definition) is 2. The molecule has 0 saturated heterocycles. The van der Waals surface area contributed by atoms with Crippen LogP contribution in [0.25, 0.3) is 0 Å². The van der Waals surface area contributed by atoms with Crippen LogP contribution in [-0.2, 0) is 22.0 Å². The van der Waals surface area contributed by atoms with Gasteiger partial charge in [-0.05, 0) is 23.8 Å². The van der Waals surface area contributed by atoms with Gasteiger partial charge in [0.1, 0.15) is 0 Å². The van der Waals surface area contributed by atoms with E-state index in [1.165, 1.54) is 6.07 Å². The summed E-state index contributed by atoms with van der Waals surface area (Å²) in [6.45, 7) is 0. The SMILES string of the molecule is O=S(=O)(Cc1ccccc1)Nc1ccc(Cl)cc1C(F)(F)F. The van der Waals surface area contributed by atoms with Crippen molar-refractivity contribution < 1.29 is 21.6 Å². The summed E-state index contributed by atoms with van der Waals surface area (Å²) in [6.07, 6.45) is -4.71. The number of rotatable bonds is 4. The molecule has 1 N–H and O–H groups in total. The van der Waals surface area contributed by atoms with Gasteiger partial charge in [-0.25, -0.2) is 8.42 Å². The fraction of sp³-hybridized carbons (Fsp3) is 0.143. The van der Waals surface area contributed by atoms with Gasteiger partial charge < -0.3 is 0 Å². The van der Waals surface area contributed by atoms with Crippen molar-refractivity contribution in [3.63, 3.8) is 0 Å². The molecule has 0 unspecified atom stereocenters. The molecule has 8 heteroatoms. The molecule has 0 atom stereocenters. The van der Waals surface area contributed by atoms with Gasteiger partial charge in [-0.15, -0.1) is 0 Å². The lowest BCUT2D eigenvalue weighted by Gasteiger charge is -2.15. The van der Waals surface area contributed by atoms with Crippen LogP contribution >= 0.6 is 11.6 Å². The van der Waals surface area contributed by atoms with Crippen molar-refractivity contribution in [1.82, 2.24) is 0 Å². The van der Waals surface area contributed by atoms with Crippen LogP contribution in [0.4, 0.5) is 18.9 Å². The number of anilines is 1. The van der Waals surface area contributed by atoms with Crippen molar-refractivity contribution in [3.05, 3.63) is 64.7 Å². The zero-order valence-corrected chi connectivity index (χ0v) is 12.6. The Kier molecular flexibility index (Phi) is 4.67. The molecule has 0 saturated carbocycles. The van der Waals surface area contributed by atoms with Gasteiger partial charge in [0.2, 0.25) is 10.0 Å². The third-order valence-electron chi connectivity index (χ3n) is 2.75.